The van der Waals surface area contributed by atoms with Crippen molar-refractivity contribution in [2.75, 3.05) is 25.5 Å². The van der Waals surface area contributed by atoms with Crippen LogP contribution in [0, 0.1) is 18.7 Å². The summed E-state index contributed by atoms with van der Waals surface area (Å²) in [6.07, 6.45) is 0.645. The Morgan fingerprint density at radius 1 is 1.39 bits per heavy atom. The summed E-state index contributed by atoms with van der Waals surface area (Å²) in [6, 6.07) is 4.14. The van der Waals surface area contributed by atoms with Crippen molar-refractivity contribution < 1.29 is 19.1 Å². The Kier molecular flexibility index (Phi) is 5.70. The molecule has 2 aromatic rings. The molecule has 0 spiro atoms. The fourth-order valence-corrected chi connectivity index (χ4v) is 4.37. The topological polar surface area (TPSA) is 90.7 Å². The Balaban J connectivity index is 1.57. The van der Waals surface area contributed by atoms with E-state index in [2.05, 4.69) is 10.4 Å². The second-order valence-electron chi connectivity index (χ2n) is 8.44. The lowest BCUT2D eigenvalue weighted by Crippen LogP contribution is -2.40. The van der Waals surface area contributed by atoms with Gasteiger partial charge in [-0.05, 0) is 37.1 Å². The van der Waals surface area contributed by atoms with Crippen LogP contribution in [-0.4, -0.2) is 62.9 Å². The van der Waals surface area contributed by atoms with Crippen LogP contribution in [0.3, 0.4) is 0 Å². The quantitative estimate of drug-likeness (QED) is 0.784. The monoisotopic (exact) mass is 429 g/mol. The molecule has 0 bridgehead atoms. The van der Waals surface area contributed by atoms with Crippen molar-refractivity contribution in [3.8, 4) is 0 Å². The molecule has 0 saturated carbocycles. The number of hydrogen-bond acceptors (Lipinski definition) is 4. The number of halogens is 1. The van der Waals surface area contributed by atoms with E-state index in [9.17, 15) is 19.1 Å². The van der Waals surface area contributed by atoms with Crippen molar-refractivity contribution in [3.05, 3.63) is 46.5 Å². The van der Waals surface area contributed by atoms with Crippen LogP contribution < -0.4 is 5.32 Å². The third-order valence-corrected chi connectivity index (χ3v) is 6.23. The van der Waals surface area contributed by atoms with Crippen LogP contribution in [0.2, 0.25) is 0 Å². The normalized spacial score (nSPS) is 19.5. The third-order valence-electron chi connectivity index (χ3n) is 6.23. The van der Waals surface area contributed by atoms with Crippen molar-refractivity contribution in [2.24, 2.45) is 5.92 Å². The predicted molar refractivity (Wildman–Crippen MR) is 113 cm³/mol. The number of aliphatic hydroxyl groups excluding tert-OH is 1. The number of aromatic nitrogens is 2. The lowest BCUT2D eigenvalue weighted by molar-refractivity contribution is 0.0626. The van der Waals surface area contributed by atoms with Crippen molar-refractivity contribution in [3.63, 3.8) is 0 Å². The summed E-state index contributed by atoms with van der Waals surface area (Å²) in [6.45, 7) is 5.24. The Hall–Kier alpha value is -2.94. The van der Waals surface area contributed by atoms with Gasteiger partial charge in [-0.25, -0.2) is 9.18 Å². The van der Waals surface area contributed by atoms with Gasteiger partial charge in [0.25, 0.3) is 5.91 Å². The number of carbonyl (C=O) groups is 2. The van der Waals surface area contributed by atoms with Crippen LogP contribution in [0.1, 0.15) is 40.7 Å². The van der Waals surface area contributed by atoms with Gasteiger partial charge in [-0.15, -0.1) is 0 Å². The molecule has 3 heterocycles. The van der Waals surface area contributed by atoms with Gasteiger partial charge in [0.15, 0.2) is 0 Å². The molecule has 1 aromatic heterocycles. The number of benzene rings is 1. The van der Waals surface area contributed by atoms with Crippen LogP contribution in [0.4, 0.5) is 14.9 Å². The zero-order valence-corrected chi connectivity index (χ0v) is 18.1. The number of urea groups is 1. The van der Waals surface area contributed by atoms with E-state index in [4.69, 9.17) is 0 Å². The zero-order chi connectivity index (χ0) is 22.3. The van der Waals surface area contributed by atoms with Gasteiger partial charge in [0.05, 0.1) is 18.3 Å². The fraction of sp³-hybridized carbons (Fsp3) is 0.500. The number of carbonyl (C=O) groups excluding carboxylic acids is 2. The molecule has 2 aliphatic rings. The Bertz CT molecular complexity index is 1020. The molecule has 166 valence electrons. The first-order chi connectivity index (χ1) is 14.8. The summed E-state index contributed by atoms with van der Waals surface area (Å²) in [5, 5.41) is 17.8. The van der Waals surface area contributed by atoms with E-state index in [0.29, 0.717) is 49.4 Å². The van der Waals surface area contributed by atoms with Crippen LogP contribution >= 0.6 is 0 Å². The molecule has 0 unspecified atom stereocenters. The van der Waals surface area contributed by atoms with Gasteiger partial charge in [0, 0.05) is 50.3 Å². The van der Waals surface area contributed by atoms with Gasteiger partial charge >= 0.3 is 6.03 Å². The highest BCUT2D eigenvalue weighted by atomic mass is 19.1. The minimum atomic E-state index is -0.510. The number of hydrogen-bond donors (Lipinski definition) is 2. The van der Waals surface area contributed by atoms with Crippen molar-refractivity contribution in [2.45, 2.75) is 45.9 Å². The van der Waals surface area contributed by atoms with Crippen molar-refractivity contribution in [1.29, 1.82) is 0 Å². The largest absolute Gasteiger partial charge is 0.393 e. The number of amides is 3. The van der Waals surface area contributed by atoms with Gasteiger partial charge in [-0.3, -0.25) is 9.48 Å². The highest BCUT2D eigenvalue weighted by Gasteiger charge is 2.36. The second kappa shape index (κ2) is 8.30. The summed E-state index contributed by atoms with van der Waals surface area (Å²) in [4.78, 5) is 29.2. The molecule has 0 saturated heterocycles. The molecular weight excluding hydrogens is 401 g/mol. The van der Waals surface area contributed by atoms with E-state index >= 15 is 0 Å². The first kappa shape index (κ1) is 21.3. The number of fused-ring (bicyclic) bond motifs is 3. The zero-order valence-electron chi connectivity index (χ0n) is 18.1. The van der Waals surface area contributed by atoms with Crippen LogP contribution in [-0.2, 0) is 19.5 Å². The molecule has 9 heteroatoms. The number of nitrogens with zero attached hydrogens (tertiary/aromatic N) is 4. The number of nitrogens with one attached hydrogen (secondary N) is 1. The van der Waals surface area contributed by atoms with Crippen LogP contribution in [0.15, 0.2) is 18.2 Å². The van der Waals surface area contributed by atoms with Crippen molar-refractivity contribution >= 4 is 17.6 Å². The van der Waals surface area contributed by atoms with E-state index in [-0.39, 0.29) is 30.2 Å². The van der Waals surface area contributed by atoms with E-state index < -0.39 is 6.10 Å². The van der Waals surface area contributed by atoms with Gasteiger partial charge in [0.1, 0.15) is 11.5 Å². The van der Waals surface area contributed by atoms with Gasteiger partial charge in [-0.2, -0.15) is 5.10 Å². The lowest BCUT2D eigenvalue weighted by Gasteiger charge is -2.27. The molecule has 2 aliphatic heterocycles. The molecule has 4 rings (SSSR count). The molecule has 8 nitrogen and oxygen atoms in total. The first-order valence-corrected chi connectivity index (χ1v) is 10.6. The molecule has 0 aliphatic carbocycles. The predicted octanol–water partition coefficient (Wildman–Crippen LogP) is 2.39. The minimum Gasteiger partial charge on any atom is -0.393 e. The number of aliphatic hydroxyl groups is 1. The molecular formula is C22H28FN5O3. The summed E-state index contributed by atoms with van der Waals surface area (Å²) < 4.78 is 15.2. The van der Waals surface area contributed by atoms with E-state index in [1.807, 2.05) is 6.92 Å². The van der Waals surface area contributed by atoms with Gasteiger partial charge in [0.2, 0.25) is 0 Å². The van der Waals surface area contributed by atoms with E-state index in [1.165, 1.54) is 12.1 Å². The number of anilines is 1. The SMILES string of the molecule is CC[C@@H](O)[C@H]1CN(C)C(=O)c2c3c(nn2C1)CCN(C(=O)Nc1ccc(F)c(C)c1)C3. The summed E-state index contributed by atoms with van der Waals surface area (Å²) in [5.74, 6) is -0.559. The molecule has 31 heavy (non-hydrogen) atoms. The summed E-state index contributed by atoms with van der Waals surface area (Å²) in [7, 11) is 1.73. The van der Waals surface area contributed by atoms with Gasteiger partial charge < -0.3 is 20.2 Å². The van der Waals surface area contributed by atoms with Crippen molar-refractivity contribution in [1.82, 2.24) is 19.6 Å². The average Bonchev–Trinajstić information content (AvgIpc) is 3.05. The average molecular weight is 429 g/mol. The number of aryl methyl sites for hydroxylation is 1. The molecule has 2 atom stereocenters. The van der Waals surface area contributed by atoms with E-state index in [1.54, 1.807) is 34.5 Å². The first-order valence-electron chi connectivity index (χ1n) is 10.6. The fourth-order valence-electron chi connectivity index (χ4n) is 4.37. The maximum Gasteiger partial charge on any atom is 0.322 e. The highest BCUT2D eigenvalue weighted by Crippen LogP contribution is 2.28. The Morgan fingerprint density at radius 2 is 2.16 bits per heavy atom. The summed E-state index contributed by atoms with van der Waals surface area (Å²) >= 11 is 0. The maximum absolute atomic E-state index is 13.5. The number of rotatable bonds is 3. The molecule has 1 aromatic carbocycles. The van der Waals surface area contributed by atoms with Crippen LogP contribution in [0.25, 0.3) is 0 Å². The second-order valence-corrected chi connectivity index (χ2v) is 8.44. The maximum atomic E-state index is 13.5. The Morgan fingerprint density at radius 3 is 2.87 bits per heavy atom. The van der Waals surface area contributed by atoms with Crippen LogP contribution in [0.5, 0.6) is 0 Å². The van der Waals surface area contributed by atoms with E-state index in [0.717, 1.165) is 11.3 Å². The minimum absolute atomic E-state index is 0.0947. The smallest absolute Gasteiger partial charge is 0.322 e. The third kappa shape index (κ3) is 4.01. The summed E-state index contributed by atoms with van der Waals surface area (Å²) in [5.41, 5.74) is 3.07. The lowest BCUT2D eigenvalue weighted by atomic mass is 10.0. The molecule has 3 amide bonds. The molecule has 2 N–H and O–H groups in total. The highest BCUT2D eigenvalue weighted by molar-refractivity contribution is 5.95. The molecule has 0 radical (unpaired) electrons. The Labute approximate surface area is 180 Å². The standard InChI is InChI=1S/C22H28FN5O3/c1-4-19(29)14-10-26(3)21(30)20-16-12-27(8-7-18(16)25-28(20)11-14)22(31)24-15-5-6-17(23)13(2)9-15/h5-6,9,14,19,29H,4,7-8,10-12H2,1-3H3,(H,24,31)/t14-,19+/m0/s1. The van der Waals surface area contributed by atoms with Gasteiger partial charge in [-0.1, -0.05) is 6.92 Å². The molecule has 0 fully saturated rings.